The Morgan fingerprint density at radius 2 is 1.15 bits per heavy atom. The topological polar surface area (TPSA) is 34.1 Å². The molecule has 0 rings (SSSR count). The van der Waals surface area contributed by atoms with Gasteiger partial charge in [-0.25, -0.2) is 0 Å². The van der Waals surface area contributed by atoms with E-state index in [2.05, 4.69) is 6.92 Å². The van der Waals surface area contributed by atoms with Crippen LogP contribution < -0.4 is 0 Å². The molecule has 3 heteroatoms. The molecule has 1 atom stereocenters. The summed E-state index contributed by atoms with van der Waals surface area (Å²) in [6.07, 6.45) is 18.0. The first-order valence-corrected chi connectivity index (χ1v) is 10.2. The molecule has 0 heterocycles. The number of carbonyl (C=O) groups excluding carboxylic acids is 1. The molecule has 0 bridgehead atoms. The Labute approximate surface area is 128 Å². The number of ketones is 1. The fraction of sp³-hybridized carbons (Fsp3) is 0.941. The Hall–Kier alpha value is -0.180. The third-order valence-electron chi connectivity index (χ3n) is 3.67. The SMILES string of the molecule is CCCCCCCCCCCCCCC(=O)C[S@](C)=O. The van der Waals surface area contributed by atoms with E-state index in [4.69, 9.17) is 0 Å². The summed E-state index contributed by atoms with van der Waals surface area (Å²) in [5, 5.41) is 0. The molecule has 0 saturated carbocycles. The van der Waals surface area contributed by atoms with E-state index in [0.29, 0.717) is 6.42 Å². The maximum Gasteiger partial charge on any atom is 0.145 e. The third-order valence-corrected chi connectivity index (χ3v) is 4.40. The maximum atomic E-state index is 11.3. The van der Waals surface area contributed by atoms with Crippen molar-refractivity contribution in [1.29, 1.82) is 0 Å². The van der Waals surface area contributed by atoms with E-state index in [0.717, 1.165) is 12.8 Å². The lowest BCUT2D eigenvalue weighted by atomic mass is 10.0. The smallest absolute Gasteiger partial charge is 0.145 e. The average molecular weight is 303 g/mol. The molecule has 20 heavy (non-hydrogen) atoms. The van der Waals surface area contributed by atoms with Gasteiger partial charge in [-0.15, -0.1) is 0 Å². The highest BCUT2D eigenvalue weighted by molar-refractivity contribution is 7.85. The summed E-state index contributed by atoms with van der Waals surface area (Å²) in [6.45, 7) is 2.26. The van der Waals surface area contributed by atoms with Crippen molar-refractivity contribution in [1.82, 2.24) is 0 Å². The van der Waals surface area contributed by atoms with Crippen molar-refractivity contribution in [2.45, 2.75) is 90.4 Å². The molecule has 0 aromatic rings. The van der Waals surface area contributed by atoms with Gasteiger partial charge in [-0.3, -0.25) is 9.00 Å². The lowest BCUT2D eigenvalue weighted by Gasteiger charge is -2.02. The number of Topliss-reactive ketones (excluding diaryl/α,β-unsaturated/α-hetero) is 1. The largest absolute Gasteiger partial charge is 0.299 e. The summed E-state index contributed by atoms with van der Waals surface area (Å²) in [7, 11) is -0.961. The summed E-state index contributed by atoms with van der Waals surface area (Å²) < 4.78 is 10.9. The molecule has 0 spiro atoms. The average Bonchev–Trinajstić information content (AvgIpc) is 2.39. The normalized spacial score (nSPS) is 12.5. The molecule has 0 aliphatic rings. The zero-order chi connectivity index (χ0) is 15.1. The van der Waals surface area contributed by atoms with E-state index >= 15 is 0 Å². The minimum absolute atomic E-state index is 0.165. The lowest BCUT2D eigenvalue weighted by molar-refractivity contribution is -0.116. The number of unbranched alkanes of at least 4 members (excludes halogenated alkanes) is 11. The second kappa shape index (κ2) is 15.2. The van der Waals surface area contributed by atoms with Gasteiger partial charge in [0.2, 0.25) is 0 Å². The Morgan fingerprint density at radius 3 is 1.55 bits per heavy atom. The molecule has 0 fully saturated rings. The van der Waals surface area contributed by atoms with Crippen molar-refractivity contribution in [3.8, 4) is 0 Å². The molecule has 0 unspecified atom stereocenters. The zero-order valence-corrected chi connectivity index (χ0v) is 14.4. The fourth-order valence-corrected chi connectivity index (χ4v) is 3.06. The fourth-order valence-electron chi connectivity index (χ4n) is 2.46. The van der Waals surface area contributed by atoms with Crippen LogP contribution in [0.25, 0.3) is 0 Å². The van der Waals surface area contributed by atoms with Crippen LogP contribution in [0, 0.1) is 0 Å². The van der Waals surface area contributed by atoms with Crippen LogP contribution in [0.2, 0.25) is 0 Å². The van der Waals surface area contributed by atoms with Crippen LogP contribution in [-0.2, 0) is 15.6 Å². The maximum absolute atomic E-state index is 11.3. The monoisotopic (exact) mass is 302 g/mol. The highest BCUT2D eigenvalue weighted by atomic mass is 32.2. The number of hydrogen-bond acceptors (Lipinski definition) is 2. The molecule has 0 aliphatic carbocycles. The summed E-state index contributed by atoms with van der Waals surface area (Å²) in [6, 6.07) is 0. The van der Waals surface area contributed by atoms with Crippen molar-refractivity contribution in [3.05, 3.63) is 0 Å². The van der Waals surface area contributed by atoms with E-state index < -0.39 is 10.8 Å². The number of rotatable bonds is 15. The molecule has 0 amide bonds. The van der Waals surface area contributed by atoms with E-state index in [1.54, 1.807) is 6.26 Å². The molecule has 2 nitrogen and oxygen atoms in total. The van der Waals surface area contributed by atoms with Crippen molar-refractivity contribution in [2.75, 3.05) is 12.0 Å². The van der Waals surface area contributed by atoms with E-state index in [1.165, 1.54) is 64.2 Å². The summed E-state index contributed by atoms with van der Waals surface area (Å²) in [5.41, 5.74) is 0. The van der Waals surface area contributed by atoms with Crippen molar-refractivity contribution >= 4 is 16.6 Å². The standard InChI is InChI=1S/C17H34O2S/c1-3-4-5-6-7-8-9-10-11-12-13-14-15-17(18)16-20(2)19/h3-16H2,1-2H3/t20-/m0/s1. The van der Waals surface area contributed by atoms with Crippen LogP contribution in [-0.4, -0.2) is 22.0 Å². The molecule has 0 aliphatic heterocycles. The first-order valence-electron chi connectivity index (χ1n) is 8.48. The summed E-state index contributed by atoms with van der Waals surface area (Å²) in [5.74, 6) is 0.413. The van der Waals surface area contributed by atoms with Gasteiger partial charge in [0.1, 0.15) is 5.78 Å². The van der Waals surface area contributed by atoms with Gasteiger partial charge in [0.25, 0.3) is 0 Å². The van der Waals surface area contributed by atoms with Crippen LogP contribution in [0.1, 0.15) is 90.4 Å². The molecular formula is C17H34O2S. The van der Waals surface area contributed by atoms with Gasteiger partial charge >= 0.3 is 0 Å². The summed E-state index contributed by atoms with van der Waals surface area (Å²) in [4.78, 5) is 11.3. The number of hydrogen-bond donors (Lipinski definition) is 0. The van der Waals surface area contributed by atoms with E-state index in [1.807, 2.05) is 0 Å². The second-order valence-corrected chi connectivity index (χ2v) is 7.33. The van der Waals surface area contributed by atoms with E-state index in [-0.39, 0.29) is 11.5 Å². The second-order valence-electron chi connectivity index (χ2n) is 5.90. The predicted molar refractivity (Wildman–Crippen MR) is 89.6 cm³/mol. The van der Waals surface area contributed by atoms with Gasteiger partial charge in [0, 0.05) is 23.5 Å². The van der Waals surface area contributed by atoms with Crippen LogP contribution in [0.3, 0.4) is 0 Å². The highest BCUT2D eigenvalue weighted by Gasteiger charge is 2.03. The lowest BCUT2D eigenvalue weighted by Crippen LogP contribution is -2.08. The highest BCUT2D eigenvalue weighted by Crippen LogP contribution is 2.12. The van der Waals surface area contributed by atoms with Crippen LogP contribution in [0.15, 0.2) is 0 Å². The minimum atomic E-state index is -0.961. The first kappa shape index (κ1) is 19.8. The Kier molecular flexibility index (Phi) is 15.1. The number of carbonyl (C=O) groups is 1. The quantitative estimate of drug-likeness (QED) is 0.398. The van der Waals surface area contributed by atoms with Gasteiger partial charge < -0.3 is 0 Å². The Bertz CT molecular complexity index is 251. The first-order chi connectivity index (χ1) is 9.66. The van der Waals surface area contributed by atoms with Crippen LogP contribution in [0.5, 0.6) is 0 Å². The molecule has 0 aromatic heterocycles. The van der Waals surface area contributed by atoms with Gasteiger partial charge in [-0.05, 0) is 6.42 Å². The Balaban J connectivity index is 3.09. The minimum Gasteiger partial charge on any atom is -0.299 e. The van der Waals surface area contributed by atoms with Crippen LogP contribution >= 0.6 is 0 Å². The zero-order valence-electron chi connectivity index (χ0n) is 13.6. The summed E-state index contributed by atoms with van der Waals surface area (Å²) >= 11 is 0. The molecular weight excluding hydrogens is 268 g/mol. The van der Waals surface area contributed by atoms with Gasteiger partial charge in [0.15, 0.2) is 0 Å². The molecule has 0 N–H and O–H groups in total. The Morgan fingerprint density at radius 1 is 0.750 bits per heavy atom. The van der Waals surface area contributed by atoms with Gasteiger partial charge in [0.05, 0.1) is 5.75 Å². The molecule has 0 radical (unpaired) electrons. The van der Waals surface area contributed by atoms with E-state index in [9.17, 15) is 9.00 Å². The van der Waals surface area contributed by atoms with Gasteiger partial charge in [-0.2, -0.15) is 0 Å². The molecule has 120 valence electrons. The van der Waals surface area contributed by atoms with Crippen molar-refractivity contribution < 1.29 is 9.00 Å². The van der Waals surface area contributed by atoms with Crippen LogP contribution in [0.4, 0.5) is 0 Å². The molecule has 0 saturated heterocycles. The van der Waals surface area contributed by atoms with Crippen molar-refractivity contribution in [3.63, 3.8) is 0 Å². The predicted octanol–water partition coefficient (Wildman–Crippen LogP) is 5.03. The van der Waals surface area contributed by atoms with Gasteiger partial charge in [-0.1, -0.05) is 77.6 Å². The molecule has 0 aromatic carbocycles. The third kappa shape index (κ3) is 15.9. The van der Waals surface area contributed by atoms with Crippen molar-refractivity contribution in [2.24, 2.45) is 0 Å².